The number of anilines is 3. The number of nitrogens with two attached hydrogens (primary N) is 1. The quantitative estimate of drug-likeness (QED) is 0.526. The maximum atomic E-state index is 11.3. The molecule has 0 radical (unpaired) electrons. The average Bonchev–Trinajstić information content (AvgIpc) is 3.46. The molecule has 3 N–H and O–H groups in total. The van der Waals surface area contributed by atoms with Crippen LogP contribution in [0.25, 0.3) is 16.9 Å². The Bertz CT molecular complexity index is 1190. The molecule has 5 rings (SSSR count). The van der Waals surface area contributed by atoms with E-state index in [9.17, 15) is 4.79 Å². The van der Waals surface area contributed by atoms with E-state index in [2.05, 4.69) is 44.5 Å². The first kappa shape index (κ1) is 18.2. The van der Waals surface area contributed by atoms with Gasteiger partial charge in [0.2, 0.25) is 0 Å². The molecule has 0 bridgehead atoms. The van der Waals surface area contributed by atoms with Crippen molar-refractivity contribution in [2.45, 2.75) is 19.3 Å². The van der Waals surface area contributed by atoms with E-state index in [1.165, 1.54) is 31.2 Å². The number of nitrogens with zero attached hydrogens (tertiary/aromatic N) is 4. The third-order valence-corrected chi connectivity index (χ3v) is 5.42. The molecule has 1 fully saturated rings. The van der Waals surface area contributed by atoms with Crippen LogP contribution >= 0.6 is 0 Å². The van der Waals surface area contributed by atoms with Gasteiger partial charge in [-0.1, -0.05) is 0 Å². The highest BCUT2D eigenvalue weighted by Gasteiger charge is 2.15. The zero-order valence-electron chi connectivity index (χ0n) is 16.4. The fourth-order valence-corrected chi connectivity index (χ4v) is 3.86. The summed E-state index contributed by atoms with van der Waals surface area (Å²) in [6.45, 7) is 2.24. The van der Waals surface area contributed by atoms with Crippen LogP contribution in [0.2, 0.25) is 0 Å². The number of primary amides is 1. The largest absolute Gasteiger partial charge is 0.458 e. The van der Waals surface area contributed by atoms with E-state index >= 15 is 0 Å². The minimum atomic E-state index is -0.609. The van der Waals surface area contributed by atoms with E-state index in [-0.39, 0.29) is 5.76 Å². The van der Waals surface area contributed by atoms with Crippen LogP contribution in [0.4, 0.5) is 17.2 Å². The van der Waals surface area contributed by atoms with Crippen LogP contribution in [0.5, 0.6) is 0 Å². The van der Waals surface area contributed by atoms with Crippen molar-refractivity contribution in [2.75, 3.05) is 23.3 Å². The van der Waals surface area contributed by atoms with Crippen molar-refractivity contribution in [1.29, 1.82) is 0 Å². The Kier molecular flexibility index (Phi) is 4.59. The summed E-state index contributed by atoms with van der Waals surface area (Å²) < 4.78 is 7.13. The highest BCUT2D eigenvalue weighted by atomic mass is 16.3. The SMILES string of the molecule is NC(=O)c1cc(-c2cnc(Nc3ccc(N4CCCCC4)cc3)c3nccn23)co1. The Morgan fingerprint density at radius 3 is 2.63 bits per heavy atom. The number of fused-ring (bicyclic) bond motifs is 1. The molecule has 0 spiro atoms. The lowest BCUT2D eigenvalue weighted by Gasteiger charge is -2.28. The molecule has 1 amide bonds. The predicted octanol–water partition coefficient (Wildman–Crippen LogP) is 3.82. The minimum absolute atomic E-state index is 0.106. The van der Waals surface area contributed by atoms with Crippen LogP contribution in [-0.2, 0) is 0 Å². The molecular weight excluding hydrogens is 380 g/mol. The monoisotopic (exact) mass is 402 g/mol. The number of imidazole rings is 1. The van der Waals surface area contributed by atoms with Crippen molar-refractivity contribution in [3.8, 4) is 11.3 Å². The highest BCUT2D eigenvalue weighted by molar-refractivity contribution is 5.91. The number of rotatable bonds is 5. The molecule has 4 heterocycles. The maximum Gasteiger partial charge on any atom is 0.284 e. The van der Waals surface area contributed by atoms with Crippen LogP contribution in [0.1, 0.15) is 29.8 Å². The number of amides is 1. The summed E-state index contributed by atoms with van der Waals surface area (Å²) in [5, 5.41) is 3.35. The lowest BCUT2D eigenvalue weighted by molar-refractivity contribution is 0.0974. The first-order valence-corrected chi connectivity index (χ1v) is 10.0. The van der Waals surface area contributed by atoms with Gasteiger partial charge >= 0.3 is 0 Å². The Morgan fingerprint density at radius 2 is 1.90 bits per heavy atom. The normalized spacial score (nSPS) is 14.2. The molecular formula is C22H22N6O2. The van der Waals surface area contributed by atoms with Crippen LogP contribution in [0.15, 0.2) is 59.6 Å². The van der Waals surface area contributed by atoms with Gasteiger partial charge in [-0.05, 0) is 49.6 Å². The first-order chi connectivity index (χ1) is 14.7. The van der Waals surface area contributed by atoms with Gasteiger partial charge in [0.1, 0.15) is 6.26 Å². The van der Waals surface area contributed by atoms with Crippen molar-refractivity contribution in [3.63, 3.8) is 0 Å². The topological polar surface area (TPSA) is 102 Å². The summed E-state index contributed by atoms with van der Waals surface area (Å²) in [6.07, 6.45) is 10.6. The Labute approximate surface area is 173 Å². The predicted molar refractivity (Wildman–Crippen MR) is 115 cm³/mol. The van der Waals surface area contributed by atoms with Crippen LogP contribution in [-0.4, -0.2) is 33.4 Å². The number of hydrogen-bond donors (Lipinski definition) is 2. The molecule has 1 saturated heterocycles. The molecule has 152 valence electrons. The second kappa shape index (κ2) is 7.55. The summed E-state index contributed by atoms with van der Waals surface area (Å²) >= 11 is 0. The van der Waals surface area contributed by atoms with Gasteiger partial charge in [-0.2, -0.15) is 0 Å². The van der Waals surface area contributed by atoms with Crippen molar-refractivity contribution >= 4 is 28.7 Å². The summed E-state index contributed by atoms with van der Waals surface area (Å²) in [7, 11) is 0. The Morgan fingerprint density at radius 1 is 1.10 bits per heavy atom. The van der Waals surface area contributed by atoms with Crippen LogP contribution in [0, 0.1) is 0 Å². The van der Waals surface area contributed by atoms with E-state index in [0.717, 1.165) is 24.5 Å². The zero-order chi connectivity index (χ0) is 20.5. The van der Waals surface area contributed by atoms with E-state index in [1.54, 1.807) is 18.5 Å². The standard InChI is InChI=1S/C22H22N6O2/c23-20(29)19-12-15(14-30-19)18-13-25-21(22-24-8-11-28(18)22)26-16-4-6-17(7-5-16)27-9-2-1-3-10-27/h4-8,11-14H,1-3,9-10H2,(H2,23,29)(H,25,26). The molecule has 8 nitrogen and oxygen atoms in total. The third kappa shape index (κ3) is 3.36. The molecule has 0 atom stereocenters. The number of furan rings is 1. The summed E-state index contributed by atoms with van der Waals surface area (Å²) in [5.74, 6) is 0.143. The molecule has 0 aliphatic carbocycles. The fourth-order valence-electron chi connectivity index (χ4n) is 3.86. The van der Waals surface area contributed by atoms with E-state index in [4.69, 9.17) is 10.2 Å². The Hall–Kier alpha value is -3.81. The third-order valence-electron chi connectivity index (χ3n) is 5.42. The van der Waals surface area contributed by atoms with Crippen molar-refractivity contribution < 1.29 is 9.21 Å². The summed E-state index contributed by atoms with van der Waals surface area (Å²) in [6, 6.07) is 10.0. The first-order valence-electron chi connectivity index (χ1n) is 10.0. The van der Waals surface area contributed by atoms with Gasteiger partial charge in [0, 0.05) is 42.4 Å². The number of carbonyl (C=O) groups excluding carboxylic acids is 1. The average molecular weight is 402 g/mol. The van der Waals surface area contributed by atoms with Gasteiger partial charge in [-0.15, -0.1) is 0 Å². The number of benzene rings is 1. The summed E-state index contributed by atoms with van der Waals surface area (Å²) in [5.41, 5.74) is 9.62. The molecule has 0 saturated carbocycles. The number of nitrogens with one attached hydrogen (secondary N) is 1. The Balaban J connectivity index is 1.41. The number of carbonyl (C=O) groups is 1. The molecule has 1 aliphatic heterocycles. The highest BCUT2D eigenvalue weighted by Crippen LogP contribution is 2.28. The number of hydrogen-bond acceptors (Lipinski definition) is 6. The van der Waals surface area contributed by atoms with Crippen molar-refractivity contribution in [1.82, 2.24) is 14.4 Å². The van der Waals surface area contributed by atoms with Gasteiger partial charge in [0.05, 0.1) is 11.9 Å². The zero-order valence-corrected chi connectivity index (χ0v) is 16.4. The van der Waals surface area contributed by atoms with Crippen molar-refractivity contribution in [3.05, 3.63) is 60.9 Å². The van der Waals surface area contributed by atoms with Gasteiger partial charge < -0.3 is 20.4 Å². The molecule has 0 unspecified atom stereocenters. The number of aromatic nitrogens is 3. The molecule has 4 aromatic rings. The molecule has 3 aromatic heterocycles. The van der Waals surface area contributed by atoms with Crippen molar-refractivity contribution in [2.24, 2.45) is 5.73 Å². The van der Waals surface area contributed by atoms with E-state index < -0.39 is 5.91 Å². The summed E-state index contributed by atoms with van der Waals surface area (Å²) in [4.78, 5) is 22.7. The lowest BCUT2D eigenvalue weighted by Crippen LogP contribution is -2.29. The van der Waals surface area contributed by atoms with Crippen LogP contribution in [0.3, 0.4) is 0 Å². The molecule has 1 aliphatic rings. The maximum absolute atomic E-state index is 11.3. The lowest BCUT2D eigenvalue weighted by atomic mass is 10.1. The van der Waals surface area contributed by atoms with Gasteiger partial charge in [0.25, 0.3) is 5.91 Å². The minimum Gasteiger partial charge on any atom is -0.458 e. The molecule has 30 heavy (non-hydrogen) atoms. The fraction of sp³-hybridized carbons (Fsp3) is 0.227. The van der Waals surface area contributed by atoms with Gasteiger partial charge in [-0.25, -0.2) is 9.97 Å². The van der Waals surface area contributed by atoms with E-state index in [1.807, 2.05) is 10.6 Å². The van der Waals surface area contributed by atoms with E-state index in [0.29, 0.717) is 17.0 Å². The van der Waals surface area contributed by atoms with Gasteiger partial charge in [-0.3, -0.25) is 9.20 Å². The van der Waals surface area contributed by atoms with Crippen LogP contribution < -0.4 is 16.0 Å². The molecule has 8 heteroatoms. The second-order valence-corrected chi connectivity index (χ2v) is 7.40. The smallest absolute Gasteiger partial charge is 0.284 e. The van der Waals surface area contributed by atoms with Gasteiger partial charge in [0.15, 0.2) is 17.2 Å². The second-order valence-electron chi connectivity index (χ2n) is 7.40. The number of piperidine rings is 1. The molecule has 1 aromatic carbocycles.